The Hall–Kier alpha value is -3.43. The third-order valence-electron chi connectivity index (χ3n) is 6.99. The van der Waals surface area contributed by atoms with Crippen LogP contribution in [0.3, 0.4) is 0 Å². The van der Waals surface area contributed by atoms with Crippen molar-refractivity contribution in [1.82, 2.24) is 9.80 Å². The first-order chi connectivity index (χ1) is 17.3. The number of benzene rings is 2. The molecule has 0 aromatic heterocycles. The third-order valence-corrected chi connectivity index (χ3v) is 6.99. The highest BCUT2D eigenvalue weighted by atomic mass is 16.4. The summed E-state index contributed by atoms with van der Waals surface area (Å²) in [4.78, 5) is 29.4. The van der Waals surface area contributed by atoms with E-state index in [1.54, 1.807) is 0 Å². The van der Waals surface area contributed by atoms with Crippen molar-refractivity contribution >= 4 is 11.9 Å². The molecule has 4 rings (SSSR count). The summed E-state index contributed by atoms with van der Waals surface area (Å²) in [6.45, 7) is 4.42. The van der Waals surface area contributed by atoms with E-state index in [4.69, 9.17) is 16.4 Å². The number of hydrogen-bond acceptors (Lipinski definition) is 6. The summed E-state index contributed by atoms with van der Waals surface area (Å²) in [7, 11) is 0. The topological polar surface area (TPSA) is 156 Å². The van der Waals surface area contributed by atoms with Crippen LogP contribution < -0.4 is 5.73 Å². The van der Waals surface area contributed by atoms with Crippen molar-refractivity contribution in [2.75, 3.05) is 26.2 Å². The summed E-state index contributed by atoms with van der Waals surface area (Å²) in [6, 6.07) is 20.2. The van der Waals surface area contributed by atoms with E-state index >= 15 is 0 Å². The van der Waals surface area contributed by atoms with Gasteiger partial charge in [-0.15, -0.1) is 0 Å². The fraction of sp³-hybridized carbons (Fsp3) is 0.462. The zero-order valence-electron chi connectivity index (χ0n) is 20.4. The molecule has 10 nitrogen and oxygen atoms in total. The van der Waals surface area contributed by atoms with Crippen LogP contribution >= 0.6 is 0 Å². The Bertz CT molecular complexity index is 1040. The maximum atomic E-state index is 11.2. The van der Waals surface area contributed by atoms with Gasteiger partial charge in [0.05, 0.1) is 0 Å². The highest BCUT2D eigenvalue weighted by Gasteiger charge is 2.41. The van der Waals surface area contributed by atoms with Crippen LogP contribution in [0.2, 0.25) is 0 Å². The number of carboxylic acid groups (broad SMARTS) is 2. The average molecular weight is 495 g/mol. The predicted molar refractivity (Wildman–Crippen MR) is 136 cm³/mol. The van der Waals surface area contributed by atoms with E-state index in [0.717, 1.165) is 26.2 Å². The standard InChI is InChI=1S/C13H16N4O2.C13H18N2O2/c14-16-15-13(12(18)19)6-8-17(9-7-13)10-11-4-2-1-3-5-11;14-13(12(16)17)6-8-15(9-7-13)10-11-4-2-1-3-5-11/h1-5H,6-10H2,(H,18,19);1-5H,6-10,14H2,(H,16,17). The minimum Gasteiger partial charge on any atom is -0.481 e. The van der Waals surface area contributed by atoms with Gasteiger partial charge in [0.25, 0.3) is 0 Å². The number of nitrogens with zero attached hydrogens (tertiary/aromatic N) is 5. The molecule has 0 radical (unpaired) electrons. The predicted octanol–water partition coefficient (Wildman–Crippen LogP) is 3.48. The van der Waals surface area contributed by atoms with Gasteiger partial charge >= 0.3 is 11.9 Å². The maximum absolute atomic E-state index is 11.2. The molecule has 36 heavy (non-hydrogen) atoms. The molecule has 2 aliphatic heterocycles. The molecule has 0 unspecified atom stereocenters. The fourth-order valence-corrected chi connectivity index (χ4v) is 4.53. The highest BCUT2D eigenvalue weighted by Crippen LogP contribution is 2.28. The maximum Gasteiger partial charge on any atom is 0.323 e. The van der Waals surface area contributed by atoms with Gasteiger partial charge < -0.3 is 15.9 Å². The molecule has 2 heterocycles. The Kier molecular flexibility index (Phi) is 9.44. The molecule has 4 N–H and O–H groups in total. The zero-order chi connectivity index (χ0) is 26.0. The molecular formula is C26H34N6O4. The molecule has 0 spiro atoms. The molecule has 0 bridgehead atoms. The second kappa shape index (κ2) is 12.5. The van der Waals surface area contributed by atoms with Gasteiger partial charge in [-0.1, -0.05) is 65.8 Å². The molecule has 2 saturated heterocycles. The molecule has 2 aromatic carbocycles. The minimum atomic E-state index is -1.26. The first-order valence-electron chi connectivity index (χ1n) is 12.1. The summed E-state index contributed by atoms with van der Waals surface area (Å²) in [6.07, 6.45) is 1.77. The highest BCUT2D eigenvalue weighted by molar-refractivity contribution is 5.79. The van der Waals surface area contributed by atoms with Crippen molar-refractivity contribution in [3.8, 4) is 0 Å². The van der Waals surface area contributed by atoms with Crippen LogP contribution in [0.4, 0.5) is 0 Å². The average Bonchev–Trinajstić information content (AvgIpc) is 2.88. The van der Waals surface area contributed by atoms with Crippen molar-refractivity contribution in [3.63, 3.8) is 0 Å². The lowest BCUT2D eigenvalue weighted by Crippen LogP contribution is -2.55. The van der Waals surface area contributed by atoms with Crippen molar-refractivity contribution < 1.29 is 19.8 Å². The normalized spacial score (nSPS) is 19.2. The number of likely N-dealkylation sites (tertiary alicyclic amines) is 2. The van der Waals surface area contributed by atoms with Gasteiger partial charge in [0.15, 0.2) is 0 Å². The second-order valence-corrected chi connectivity index (χ2v) is 9.51. The molecule has 0 atom stereocenters. The van der Waals surface area contributed by atoms with Gasteiger partial charge in [-0.3, -0.25) is 19.4 Å². The molecule has 192 valence electrons. The van der Waals surface area contributed by atoms with Crippen LogP contribution in [0.1, 0.15) is 36.8 Å². The first kappa shape index (κ1) is 27.2. The Morgan fingerprint density at radius 2 is 1.22 bits per heavy atom. The van der Waals surface area contributed by atoms with Gasteiger partial charge in [0, 0.05) is 31.1 Å². The summed E-state index contributed by atoms with van der Waals surface area (Å²) in [5.74, 6) is -1.90. The van der Waals surface area contributed by atoms with Crippen LogP contribution in [0.25, 0.3) is 10.4 Å². The van der Waals surface area contributed by atoms with Crippen LogP contribution in [0.5, 0.6) is 0 Å². The van der Waals surface area contributed by atoms with E-state index in [1.165, 1.54) is 11.1 Å². The number of carboxylic acids is 2. The molecule has 0 aliphatic carbocycles. The molecule has 2 aliphatic rings. The van der Waals surface area contributed by atoms with E-state index in [9.17, 15) is 14.7 Å². The lowest BCUT2D eigenvalue weighted by molar-refractivity contribution is -0.146. The number of aliphatic carboxylic acids is 2. The Morgan fingerprint density at radius 1 is 0.806 bits per heavy atom. The molecule has 2 aromatic rings. The number of rotatable bonds is 7. The van der Waals surface area contributed by atoms with E-state index in [1.807, 2.05) is 48.5 Å². The van der Waals surface area contributed by atoms with E-state index in [0.29, 0.717) is 38.8 Å². The Balaban J connectivity index is 0.000000202. The van der Waals surface area contributed by atoms with Crippen LogP contribution in [0.15, 0.2) is 65.8 Å². The summed E-state index contributed by atoms with van der Waals surface area (Å²) in [5, 5.41) is 21.8. The molecule has 0 saturated carbocycles. The number of piperidine rings is 2. The lowest BCUT2D eigenvalue weighted by atomic mass is 9.88. The van der Waals surface area contributed by atoms with E-state index in [-0.39, 0.29) is 0 Å². The van der Waals surface area contributed by atoms with Gasteiger partial charge in [0.1, 0.15) is 11.1 Å². The van der Waals surface area contributed by atoms with Crippen LogP contribution in [-0.4, -0.2) is 69.2 Å². The van der Waals surface area contributed by atoms with Crippen LogP contribution in [0, 0.1) is 0 Å². The third kappa shape index (κ3) is 7.29. The molecule has 10 heteroatoms. The number of carbonyl (C=O) groups is 2. The van der Waals surface area contributed by atoms with Crippen molar-refractivity contribution in [1.29, 1.82) is 0 Å². The minimum absolute atomic E-state index is 0.360. The quantitative estimate of drug-likeness (QED) is 0.302. The Labute approximate surface area is 210 Å². The monoisotopic (exact) mass is 494 g/mol. The molecule has 0 amide bonds. The second-order valence-electron chi connectivity index (χ2n) is 9.51. The largest absolute Gasteiger partial charge is 0.481 e. The van der Waals surface area contributed by atoms with Gasteiger partial charge in [-0.05, 0) is 55.4 Å². The van der Waals surface area contributed by atoms with E-state index < -0.39 is 23.0 Å². The summed E-state index contributed by atoms with van der Waals surface area (Å²) < 4.78 is 0. The number of azide groups is 1. The van der Waals surface area contributed by atoms with Crippen molar-refractivity contribution in [3.05, 3.63) is 82.2 Å². The smallest absolute Gasteiger partial charge is 0.323 e. The fourth-order valence-electron chi connectivity index (χ4n) is 4.53. The summed E-state index contributed by atoms with van der Waals surface area (Å²) in [5.41, 5.74) is 14.5. The summed E-state index contributed by atoms with van der Waals surface area (Å²) >= 11 is 0. The zero-order valence-corrected chi connectivity index (χ0v) is 20.4. The van der Waals surface area contributed by atoms with Gasteiger partial charge in [-0.2, -0.15) is 0 Å². The first-order valence-corrected chi connectivity index (χ1v) is 12.1. The van der Waals surface area contributed by atoms with Crippen LogP contribution in [-0.2, 0) is 22.7 Å². The van der Waals surface area contributed by atoms with Gasteiger partial charge in [-0.25, -0.2) is 0 Å². The van der Waals surface area contributed by atoms with Crippen molar-refractivity contribution in [2.45, 2.75) is 49.9 Å². The Morgan fingerprint density at radius 3 is 1.58 bits per heavy atom. The molecular weight excluding hydrogens is 460 g/mol. The van der Waals surface area contributed by atoms with Gasteiger partial charge in [0.2, 0.25) is 0 Å². The van der Waals surface area contributed by atoms with Crippen molar-refractivity contribution in [2.24, 2.45) is 10.8 Å². The SMILES string of the molecule is NC1(C(=O)O)CCN(Cc2ccccc2)CC1.[N-]=[N+]=NC1(C(=O)O)CCN(Cc2ccccc2)CC1. The van der Waals surface area contributed by atoms with E-state index in [2.05, 4.69) is 32.0 Å². The number of hydrogen-bond donors (Lipinski definition) is 3. The number of nitrogens with two attached hydrogens (primary N) is 1. The molecule has 2 fully saturated rings. The lowest BCUT2D eigenvalue weighted by Gasteiger charge is -2.36.